The minimum Gasteiger partial charge on any atom is -0.486 e. The summed E-state index contributed by atoms with van der Waals surface area (Å²) in [6.07, 6.45) is 7.35. The summed E-state index contributed by atoms with van der Waals surface area (Å²) in [5.41, 5.74) is 7.77. The molecule has 2 unspecified atom stereocenters. The molecule has 0 aromatic heterocycles. The SMILES string of the molecule is NC(C1=CCCCC1)C1CSc2ccccc2O1. The van der Waals surface area contributed by atoms with Crippen LogP contribution in [0.5, 0.6) is 5.75 Å². The van der Waals surface area contributed by atoms with Crippen molar-refractivity contribution in [2.75, 3.05) is 5.75 Å². The van der Waals surface area contributed by atoms with Crippen LogP contribution in [0.1, 0.15) is 25.7 Å². The lowest BCUT2D eigenvalue weighted by Gasteiger charge is -2.32. The zero-order valence-corrected chi connectivity index (χ0v) is 11.3. The largest absolute Gasteiger partial charge is 0.486 e. The van der Waals surface area contributed by atoms with Gasteiger partial charge in [-0.25, -0.2) is 0 Å². The lowest BCUT2D eigenvalue weighted by molar-refractivity contribution is 0.195. The molecular formula is C15H19NOS. The maximum absolute atomic E-state index is 6.37. The van der Waals surface area contributed by atoms with Crippen molar-refractivity contribution < 1.29 is 4.74 Å². The molecule has 2 nitrogen and oxygen atoms in total. The van der Waals surface area contributed by atoms with Crippen LogP contribution in [-0.4, -0.2) is 17.9 Å². The minimum atomic E-state index is 0.0613. The second-order valence-corrected chi connectivity index (χ2v) is 6.03. The van der Waals surface area contributed by atoms with Crippen molar-refractivity contribution >= 4 is 11.8 Å². The molecule has 1 aromatic rings. The maximum Gasteiger partial charge on any atom is 0.133 e. The van der Waals surface area contributed by atoms with Gasteiger partial charge in [0.25, 0.3) is 0 Å². The number of hydrogen-bond acceptors (Lipinski definition) is 3. The molecule has 0 radical (unpaired) electrons. The van der Waals surface area contributed by atoms with Crippen LogP contribution in [0.15, 0.2) is 40.8 Å². The fraction of sp³-hybridized carbons (Fsp3) is 0.467. The molecule has 2 N–H and O–H groups in total. The summed E-state index contributed by atoms with van der Waals surface area (Å²) >= 11 is 1.86. The summed E-state index contributed by atoms with van der Waals surface area (Å²) in [4.78, 5) is 1.23. The Kier molecular flexibility index (Phi) is 3.62. The minimum absolute atomic E-state index is 0.0613. The normalized spacial score (nSPS) is 24.7. The first-order chi connectivity index (χ1) is 8.84. The average molecular weight is 261 g/mol. The lowest BCUT2D eigenvalue weighted by Crippen LogP contribution is -2.43. The molecule has 1 heterocycles. The molecular weight excluding hydrogens is 242 g/mol. The van der Waals surface area contributed by atoms with Crippen LogP contribution in [-0.2, 0) is 0 Å². The Labute approximate surface area is 113 Å². The Bertz CT molecular complexity index is 458. The maximum atomic E-state index is 6.37. The number of fused-ring (bicyclic) bond motifs is 1. The van der Waals surface area contributed by atoms with Crippen LogP contribution in [0.3, 0.4) is 0 Å². The van der Waals surface area contributed by atoms with Gasteiger partial charge in [-0.3, -0.25) is 0 Å². The highest BCUT2D eigenvalue weighted by Crippen LogP contribution is 2.36. The van der Waals surface area contributed by atoms with E-state index in [2.05, 4.69) is 18.2 Å². The van der Waals surface area contributed by atoms with Gasteiger partial charge in [0.15, 0.2) is 0 Å². The molecule has 1 aliphatic heterocycles. The van der Waals surface area contributed by atoms with E-state index in [0.29, 0.717) is 0 Å². The number of hydrogen-bond donors (Lipinski definition) is 1. The van der Waals surface area contributed by atoms with E-state index in [-0.39, 0.29) is 12.1 Å². The third-order valence-electron chi connectivity index (χ3n) is 3.69. The van der Waals surface area contributed by atoms with Crippen LogP contribution in [0.4, 0.5) is 0 Å². The highest BCUT2D eigenvalue weighted by atomic mass is 32.2. The van der Waals surface area contributed by atoms with E-state index in [9.17, 15) is 0 Å². The van der Waals surface area contributed by atoms with Crippen molar-refractivity contribution in [3.8, 4) is 5.75 Å². The topological polar surface area (TPSA) is 35.2 Å². The van der Waals surface area contributed by atoms with Gasteiger partial charge in [0, 0.05) is 10.6 Å². The van der Waals surface area contributed by atoms with Crippen LogP contribution in [0, 0.1) is 0 Å². The molecule has 0 bridgehead atoms. The number of rotatable bonds is 2. The van der Waals surface area contributed by atoms with Gasteiger partial charge in [0.2, 0.25) is 0 Å². The van der Waals surface area contributed by atoms with Gasteiger partial charge in [-0.2, -0.15) is 0 Å². The van der Waals surface area contributed by atoms with E-state index < -0.39 is 0 Å². The molecule has 2 aliphatic rings. The Balaban J connectivity index is 1.73. The quantitative estimate of drug-likeness (QED) is 0.829. The Hall–Kier alpha value is -0.930. The van der Waals surface area contributed by atoms with Gasteiger partial charge in [-0.15, -0.1) is 11.8 Å². The predicted molar refractivity (Wildman–Crippen MR) is 76.1 cm³/mol. The Morgan fingerprint density at radius 1 is 1.28 bits per heavy atom. The van der Waals surface area contributed by atoms with E-state index in [0.717, 1.165) is 17.9 Å². The van der Waals surface area contributed by atoms with E-state index >= 15 is 0 Å². The van der Waals surface area contributed by atoms with Crippen molar-refractivity contribution in [1.82, 2.24) is 0 Å². The van der Waals surface area contributed by atoms with E-state index in [1.54, 1.807) is 0 Å². The summed E-state index contributed by atoms with van der Waals surface area (Å²) in [6, 6.07) is 8.29. The lowest BCUT2D eigenvalue weighted by atomic mass is 9.92. The monoisotopic (exact) mass is 261 g/mol. The fourth-order valence-corrected chi connectivity index (χ4v) is 3.67. The van der Waals surface area contributed by atoms with Gasteiger partial charge < -0.3 is 10.5 Å². The first-order valence-electron chi connectivity index (χ1n) is 6.67. The summed E-state index contributed by atoms with van der Waals surface area (Å²) in [6.45, 7) is 0. The number of allylic oxidation sites excluding steroid dienone is 1. The van der Waals surface area contributed by atoms with Crippen molar-refractivity contribution in [3.63, 3.8) is 0 Å². The number of para-hydroxylation sites is 1. The van der Waals surface area contributed by atoms with E-state index in [1.165, 1.54) is 29.7 Å². The second kappa shape index (κ2) is 5.37. The molecule has 1 aromatic carbocycles. The fourth-order valence-electron chi connectivity index (χ4n) is 2.62. The highest BCUT2D eigenvalue weighted by molar-refractivity contribution is 7.99. The van der Waals surface area contributed by atoms with Gasteiger partial charge in [-0.1, -0.05) is 23.8 Å². The Morgan fingerprint density at radius 3 is 3.00 bits per heavy atom. The van der Waals surface area contributed by atoms with Crippen molar-refractivity contribution in [1.29, 1.82) is 0 Å². The molecule has 3 heteroatoms. The summed E-state index contributed by atoms with van der Waals surface area (Å²) in [5, 5.41) is 0. The van der Waals surface area contributed by atoms with Gasteiger partial charge >= 0.3 is 0 Å². The third-order valence-corrected chi connectivity index (χ3v) is 4.83. The first-order valence-corrected chi connectivity index (χ1v) is 7.66. The van der Waals surface area contributed by atoms with Crippen LogP contribution >= 0.6 is 11.8 Å². The molecule has 0 saturated carbocycles. The molecule has 96 valence electrons. The summed E-state index contributed by atoms with van der Waals surface area (Å²) in [5.74, 6) is 1.95. The van der Waals surface area contributed by atoms with E-state index in [4.69, 9.17) is 10.5 Å². The smallest absolute Gasteiger partial charge is 0.133 e. The molecule has 1 aliphatic carbocycles. The van der Waals surface area contributed by atoms with Crippen molar-refractivity contribution in [2.45, 2.75) is 42.7 Å². The van der Waals surface area contributed by atoms with E-state index in [1.807, 2.05) is 23.9 Å². The number of ether oxygens (including phenoxy) is 1. The first kappa shape index (κ1) is 12.1. The average Bonchev–Trinajstić information content (AvgIpc) is 2.47. The number of nitrogens with two attached hydrogens (primary N) is 1. The summed E-state index contributed by atoms with van der Waals surface area (Å²) in [7, 11) is 0. The predicted octanol–water partition coefficient (Wildman–Crippen LogP) is 3.37. The van der Waals surface area contributed by atoms with Gasteiger partial charge in [0.05, 0.1) is 6.04 Å². The zero-order valence-electron chi connectivity index (χ0n) is 10.5. The molecule has 0 amide bonds. The standard InChI is InChI=1S/C15H19NOS/c16-15(11-6-2-1-3-7-11)13-10-18-14-9-5-4-8-12(14)17-13/h4-6,8-9,13,15H,1-3,7,10,16H2. The second-order valence-electron chi connectivity index (χ2n) is 4.96. The molecule has 0 spiro atoms. The third kappa shape index (κ3) is 2.43. The van der Waals surface area contributed by atoms with Crippen molar-refractivity contribution in [2.24, 2.45) is 5.73 Å². The van der Waals surface area contributed by atoms with Crippen LogP contribution in [0.25, 0.3) is 0 Å². The van der Waals surface area contributed by atoms with Crippen LogP contribution in [0.2, 0.25) is 0 Å². The molecule has 2 atom stereocenters. The molecule has 0 fully saturated rings. The number of benzene rings is 1. The molecule has 18 heavy (non-hydrogen) atoms. The van der Waals surface area contributed by atoms with Crippen LogP contribution < -0.4 is 10.5 Å². The zero-order chi connectivity index (χ0) is 12.4. The van der Waals surface area contributed by atoms with Crippen molar-refractivity contribution in [3.05, 3.63) is 35.9 Å². The molecule has 0 saturated heterocycles. The van der Waals surface area contributed by atoms with Gasteiger partial charge in [0.1, 0.15) is 11.9 Å². The summed E-state index contributed by atoms with van der Waals surface area (Å²) < 4.78 is 6.06. The Morgan fingerprint density at radius 2 is 2.17 bits per heavy atom. The number of thioether (sulfide) groups is 1. The highest BCUT2D eigenvalue weighted by Gasteiger charge is 2.28. The van der Waals surface area contributed by atoms with Gasteiger partial charge in [-0.05, 0) is 37.8 Å². The molecule has 3 rings (SSSR count).